The number of rotatable bonds is 4. The van der Waals surface area contributed by atoms with Gasteiger partial charge in [-0.05, 0) is 26.2 Å². The zero-order valence-electron chi connectivity index (χ0n) is 9.78. The van der Waals surface area contributed by atoms with Gasteiger partial charge in [0.2, 0.25) is 5.91 Å². The molecule has 0 atom stereocenters. The number of nitrogens with one attached hydrogen (secondary N) is 1. The number of hydrogen-bond donors (Lipinski definition) is 2. The Balaban J connectivity index is 2.70. The molecule has 3 N–H and O–H groups in total. The van der Waals surface area contributed by atoms with Crippen LogP contribution in [0.25, 0.3) is 0 Å². The van der Waals surface area contributed by atoms with Crippen molar-refractivity contribution < 1.29 is 9.53 Å². The molecule has 0 aliphatic heterocycles. The van der Waals surface area contributed by atoms with E-state index in [-0.39, 0.29) is 5.91 Å². The molecule has 5 heteroatoms. The molecule has 1 rings (SSSR count). The Labute approximate surface area is 95.2 Å². The van der Waals surface area contributed by atoms with Crippen molar-refractivity contribution in [2.45, 2.75) is 0 Å². The van der Waals surface area contributed by atoms with E-state index in [0.717, 1.165) is 0 Å². The lowest BCUT2D eigenvalue weighted by Gasteiger charge is -2.12. The molecule has 1 amide bonds. The molecule has 0 heterocycles. The van der Waals surface area contributed by atoms with Gasteiger partial charge in [-0.2, -0.15) is 0 Å². The second-order valence-corrected chi connectivity index (χ2v) is 3.74. The second kappa shape index (κ2) is 5.37. The van der Waals surface area contributed by atoms with Crippen LogP contribution in [0.3, 0.4) is 0 Å². The average molecular weight is 223 g/mol. The number of likely N-dealkylation sites (N-methyl/N-ethyl adjacent to an activating group) is 1. The fourth-order valence-electron chi connectivity index (χ4n) is 1.26. The zero-order valence-corrected chi connectivity index (χ0v) is 9.78. The van der Waals surface area contributed by atoms with Gasteiger partial charge in [0, 0.05) is 6.07 Å². The van der Waals surface area contributed by atoms with Gasteiger partial charge in [-0.3, -0.25) is 4.79 Å². The predicted molar refractivity (Wildman–Crippen MR) is 64.6 cm³/mol. The highest BCUT2D eigenvalue weighted by molar-refractivity contribution is 5.95. The number of amides is 1. The number of benzene rings is 1. The highest BCUT2D eigenvalue weighted by atomic mass is 16.5. The van der Waals surface area contributed by atoms with E-state index in [1.807, 2.05) is 14.1 Å². The van der Waals surface area contributed by atoms with Crippen LogP contribution in [0.4, 0.5) is 11.4 Å². The van der Waals surface area contributed by atoms with Crippen LogP contribution in [-0.2, 0) is 4.79 Å². The number of nitrogens with zero attached hydrogens (tertiary/aromatic N) is 1. The normalized spacial score (nSPS) is 10.2. The van der Waals surface area contributed by atoms with Gasteiger partial charge in [0.05, 0.1) is 25.0 Å². The molecule has 0 saturated heterocycles. The van der Waals surface area contributed by atoms with Gasteiger partial charge >= 0.3 is 0 Å². The minimum Gasteiger partial charge on any atom is -0.497 e. The molecule has 0 saturated carbocycles. The smallest absolute Gasteiger partial charge is 0.238 e. The van der Waals surface area contributed by atoms with Crippen LogP contribution >= 0.6 is 0 Å². The average Bonchev–Trinajstić information content (AvgIpc) is 2.19. The van der Waals surface area contributed by atoms with Gasteiger partial charge < -0.3 is 20.7 Å². The summed E-state index contributed by atoms with van der Waals surface area (Å²) in [4.78, 5) is 13.3. The van der Waals surface area contributed by atoms with Crippen LogP contribution in [0.15, 0.2) is 18.2 Å². The Morgan fingerprint density at radius 1 is 1.50 bits per heavy atom. The third kappa shape index (κ3) is 3.43. The Hall–Kier alpha value is -1.75. The fourth-order valence-corrected chi connectivity index (χ4v) is 1.26. The molecule has 88 valence electrons. The molecule has 0 spiro atoms. The van der Waals surface area contributed by atoms with Crippen molar-refractivity contribution in [1.29, 1.82) is 0 Å². The first kappa shape index (κ1) is 12.3. The number of hydrogen-bond acceptors (Lipinski definition) is 4. The predicted octanol–water partition coefficient (Wildman–Crippen LogP) is 0.777. The van der Waals surface area contributed by atoms with E-state index in [9.17, 15) is 4.79 Å². The van der Waals surface area contributed by atoms with Crippen LogP contribution in [-0.4, -0.2) is 38.6 Å². The lowest BCUT2D eigenvalue weighted by molar-refractivity contribution is -0.116. The zero-order chi connectivity index (χ0) is 12.1. The third-order valence-corrected chi connectivity index (χ3v) is 1.99. The van der Waals surface area contributed by atoms with Gasteiger partial charge in [-0.1, -0.05) is 0 Å². The van der Waals surface area contributed by atoms with E-state index in [1.54, 1.807) is 30.2 Å². The molecule has 0 radical (unpaired) electrons. The van der Waals surface area contributed by atoms with Crippen LogP contribution in [0.5, 0.6) is 5.75 Å². The Morgan fingerprint density at radius 2 is 2.19 bits per heavy atom. The van der Waals surface area contributed by atoms with Crippen molar-refractivity contribution in [1.82, 2.24) is 4.90 Å². The van der Waals surface area contributed by atoms with E-state index in [4.69, 9.17) is 10.5 Å². The largest absolute Gasteiger partial charge is 0.497 e. The van der Waals surface area contributed by atoms with Crippen LogP contribution < -0.4 is 15.8 Å². The molecule has 0 fully saturated rings. The molecule has 1 aromatic rings. The molecule has 0 aliphatic carbocycles. The fraction of sp³-hybridized carbons (Fsp3) is 0.364. The number of carbonyl (C=O) groups is 1. The maximum absolute atomic E-state index is 11.5. The molecule has 1 aromatic carbocycles. The molecule has 16 heavy (non-hydrogen) atoms. The van der Waals surface area contributed by atoms with Crippen molar-refractivity contribution in [2.24, 2.45) is 0 Å². The van der Waals surface area contributed by atoms with Crippen molar-refractivity contribution in [2.75, 3.05) is 38.8 Å². The summed E-state index contributed by atoms with van der Waals surface area (Å²) < 4.78 is 5.02. The number of methoxy groups -OCH3 is 1. The lowest BCUT2D eigenvalue weighted by Crippen LogP contribution is -2.27. The molecule has 0 unspecified atom stereocenters. The summed E-state index contributed by atoms with van der Waals surface area (Å²) >= 11 is 0. The second-order valence-electron chi connectivity index (χ2n) is 3.74. The summed E-state index contributed by atoms with van der Waals surface area (Å²) in [5, 5.41) is 2.73. The topological polar surface area (TPSA) is 67.6 Å². The molecule has 0 aromatic heterocycles. The number of nitrogens with two attached hydrogens (primary N) is 1. The first-order valence-corrected chi connectivity index (χ1v) is 4.91. The van der Waals surface area contributed by atoms with E-state index in [0.29, 0.717) is 23.7 Å². The maximum atomic E-state index is 11.5. The van der Waals surface area contributed by atoms with Gasteiger partial charge in [-0.15, -0.1) is 0 Å². The van der Waals surface area contributed by atoms with Crippen molar-refractivity contribution in [3.8, 4) is 5.75 Å². The monoisotopic (exact) mass is 223 g/mol. The molecule has 5 nitrogen and oxygen atoms in total. The first-order chi connectivity index (χ1) is 7.52. The van der Waals surface area contributed by atoms with Crippen LogP contribution in [0.1, 0.15) is 0 Å². The summed E-state index contributed by atoms with van der Waals surface area (Å²) in [6, 6.07) is 5.15. The summed E-state index contributed by atoms with van der Waals surface area (Å²) in [5.74, 6) is 0.574. The summed E-state index contributed by atoms with van der Waals surface area (Å²) in [5.41, 5.74) is 6.86. The minimum absolute atomic E-state index is 0.0955. The van der Waals surface area contributed by atoms with E-state index < -0.39 is 0 Å². The summed E-state index contributed by atoms with van der Waals surface area (Å²) in [6.07, 6.45) is 0. The third-order valence-electron chi connectivity index (χ3n) is 1.99. The number of ether oxygens (including phenoxy) is 1. The molecule has 0 aliphatic rings. The van der Waals surface area contributed by atoms with Crippen LogP contribution in [0, 0.1) is 0 Å². The highest BCUT2D eigenvalue weighted by Crippen LogP contribution is 2.23. The number of nitrogen functional groups attached to an aromatic ring is 1. The van der Waals surface area contributed by atoms with Gasteiger partial charge in [-0.25, -0.2) is 0 Å². The number of anilines is 2. The van der Waals surface area contributed by atoms with E-state index >= 15 is 0 Å². The Kier molecular flexibility index (Phi) is 4.13. The van der Waals surface area contributed by atoms with E-state index in [1.165, 1.54) is 0 Å². The van der Waals surface area contributed by atoms with Crippen LogP contribution in [0.2, 0.25) is 0 Å². The number of carbonyl (C=O) groups excluding carboxylic acids is 1. The molecule has 0 bridgehead atoms. The van der Waals surface area contributed by atoms with Crippen molar-refractivity contribution >= 4 is 17.3 Å². The van der Waals surface area contributed by atoms with E-state index in [2.05, 4.69) is 5.32 Å². The molecular formula is C11H17N3O2. The first-order valence-electron chi connectivity index (χ1n) is 4.91. The van der Waals surface area contributed by atoms with Crippen molar-refractivity contribution in [3.63, 3.8) is 0 Å². The Morgan fingerprint density at radius 3 is 2.69 bits per heavy atom. The summed E-state index contributed by atoms with van der Waals surface area (Å²) in [7, 11) is 5.23. The minimum atomic E-state index is -0.0955. The SMILES string of the molecule is COc1ccc(NC(=O)CN(C)C)c(N)c1. The van der Waals surface area contributed by atoms with Gasteiger partial charge in [0.1, 0.15) is 5.75 Å². The standard InChI is InChI=1S/C11H17N3O2/c1-14(2)7-11(15)13-10-5-4-8(16-3)6-9(10)12/h4-6H,7,12H2,1-3H3,(H,13,15). The quantitative estimate of drug-likeness (QED) is 0.740. The highest BCUT2D eigenvalue weighted by Gasteiger charge is 2.06. The van der Waals surface area contributed by atoms with Gasteiger partial charge in [0.25, 0.3) is 0 Å². The van der Waals surface area contributed by atoms with Gasteiger partial charge in [0.15, 0.2) is 0 Å². The summed E-state index contributed by atoms with van der Waals surface area (Å²) in [6.45, 7) is 0.325. The lowest BCUT2D eigenvalue weighted by atomic mass is 10.2. The maximum Gasteiger partial charge on any atom is 0.238 e. The Bertz CT molecular complexity index is 377. The van der Waals surface area contributed by atoms with Crippen molar-refractivity contribution in [3.05, 3.63) is 18.2 Å². The molecular weight excluding hydrogens is 206 g/mol.